The van der Waals surface area contributed by atoms with Crippen LogP contribution in [0.25, 0.3) is 0 Å². The van der Waals surface area contributed by atoms with Gasteiger partial charge in [0.2, 0.25) is 5.91 Å². The Balaban J connectivity index is 1.78. The van der Waals surface area contributed by atoms with E-state index in [0.29, 0.717) is 11.6 Å². The molecule has 3 aromatic carbocycles. The second-order valence-corrected chi connectivity index (χ2v) is 7.51. The summed E-state index contributed by atoms with van der Waals surface area (Å²) in [5.74, 6) is 0.950. The number of hydrogen-bond acceptors (Lipinski definition) is 3. The van der Waals surface area contributed by atoms with Crippen LogP contribution in [-0.2, 0) is 4.79 Å². The SMILES string of the molecule is CNC(=O)[C@H](NCC[C@@H](c1ccc(Cl)cc1)c1ccc(OC)cc1)c1ccccc1. The van der Waals surface area contributed by atoms with Crippen molar-refractivity contribution in [2.24, 2.45) is 0 Å². The maximum absolute atomic E-state index is 12.4. The molecule has 2 atom stereocenters. The highest BCUT2D eigenvalue weighted by atomic mass is 35.5. The van der Waals surface area contributed by atoms with E-state index in [4.69, 9.17) is 16.3 Å². The summed E-state index contributed by atoms with van der Waals surface area (Å²) in [5.41, 5.74) is 3.32. The Labute approximate surface area is 183 Å². The van der Waals surface area contributed by atoms with Crippen LogP contribution in [0.3, 0.4) is 0 Å². The van der Waals surface area contributed by atoms with Gasteiger partial charge in [-0.25, -0.2) is 0 Å². The third kappa shape index (κ3) is 5.62. The lowest BCUT2D eigenvalue weighted by Gasteiger charge is -2.22. The number of ether oxygens (including phenoxy) is 1. The first-order valence-corrected chi connectivity index (χ1v) is 10.4. The minimum Gasteiger partial charge on any atom is -0.497 e. The topological polar surface area (TPSA) is 50.4 Å². The minimum atomic E-state index is -0.391. The Kier molecular flexibility index (Phi) is 7.89. The number of methoxy groups -OCH3 is 1. The molecule has 3 aromatic rings. The molecule has 0 saturated heterocycles. The normalized spacial score (nSPS) is 12.8. The second-order valence-electron chi connectivity index (χ2n) is 7.08. The Bertz CT molecular complexity index is 928. The van der Waals surface area contributed by atoms with Gasteiger partial charge >= 0.3 is 0 Å². The van der Waals surface area contributed by atoms with Crippen LogP contribution in [0.5, 0.6) is 5.75 Å². The standard InChI is InChI=1S/C25H27ClN2O2/c1-27-25(29)24(20-6-4-3-5-7-20)28-17-16-23(18-8-12-21(26)13-9-18)19-10-14-22(30-2)15-11-19/h3-15,23-24,28H,16-17H2,1-2H3,(H,27,29)/t23-,24+/m0/s1. The van der Waals surface area contributed by atoms with E-state index in [9.17, 15) is 4.79 Å². The average Bonchev–Trinajstić information content (AvgIpc) is 2.80. The van der Waals surface area contributed by atoms with Crippen LogP contribution < -0.4 is 15.4 Å². The molecule has 156 valence electrons. The maximum Gasteiger partial charge on any atom is 0.241 e. The molecule has 0 spiro atoms. The molecule has 0 aliphatic heterocycles. The van der Waals surface area contributed by atoms with Gasteiger partial charge in [0.05, 0.1) is 7.11 Å². The zero-order chi connectivity index (χ0) is 21.3. The molecule has 0 bridgehead atoms. The Morgan fingerprint density at radius 3 is 2.07 bits per heavy atom. The highest BCUT2D eigenvalue weighted by Crippen LogP contribution is 2.30. The number of hydrogen-bond donors (Lipinski definition) is 2. The molecule has 0 heterocycles. The summed E-state index contributed by atoms with van der Waals surface area (Å²) >= 11 is 6.09. The van der Waals surface area contributed by atoms with Gasteiger partial charge in [-0.05, 0) is 53.9 Å². The fraction of sp³-hybridized carbons (Fsp3) is 0.240. The largest absolute Gasteiger partial charge is 0.497 e. The van der Waals surface area contributed by atoms with Crippen LogP contribution in [0, 0.1) is 0 Å². The monoisotopic (exact) mass is 422 g/mol. The van der Waals surface area contributed by atoms with Crippen molar-refractivity contribution in [2.75, 3.05) is 20.7 Å². The number of likely N-dealkylation sites (N-methyl/N-ethyl adjacent to an activating group) is 1. The molecule has 0 radical (unpaired) electrons. The lowest BCUT2D eigenvalue weighted by Crippen LogP contribution is -2.36. The van der Waals surface area contributed by atoms with E-state index in [0.717, 1.165) is 17.7 Å². The van der Waals surface area contributed by atoms with Crippen molar-refractivity contribution in [1.82, 2.24) is 10.6 Å². The van der Waals surface area contributed by atoms with Gasteiger partial charge in [0, 0.05) is 18.0 Å². The molecule has 1 amide bonds. The van der Waals surface area contributed by atoms with Gasteiger partial charge in [-0.3, -0.25) is 4.79 Å². The molecule has 0 aliphatic carbocycles. The van der Waals surface area contributed by atoms with Crippen LogP contribution in [0.1, 0.15) is 35.1 Å². The molecule has 0 aliphatic rings. The number of nitrogens with one attached hydrogen (secondary N) is 2. The van der Waals surface area contributed by atoms with Gasteiger partial charge in [0.25, 0.3) is 0 Å². The second kappa shape index (κ2) is 10.8. The van der Waals surface area contributed by atoms with E-state index < -0.39 is 6.04 Å². The van der Waals surface area contributed by atoms with Gasteiger partial charge in [-0.1, -0.05) is 66.2 Å². The fourth-order valence-corrected chi connectivity index (χ4v) is 3.71. The first-order chi connectivity index (χ1) is 14.6. The molecule has 2 N–H and O–H groups in total. The predicted molar refractivity (Wildman–Crippen MR) is 122 cm³/mol. The van der Waals surface area contributed by atoms with E-state index in [-0.39, 0.29) is 11.8 Å². The lowest BCUT2D eigenvalue weighted by molar-refractivity contribution is -0.122. The molecule has 3 rings (SSSR count). The highest BCUT2D eigenvalue weighted by molar-refractivity contribution is 6.30. The van der Waals surface area contributed by atoms with Crippen molar-refractivity contribution in [3.8, 4) is 5.75 Å². The molecule has 0 unspecified atom stereocenters. The maximum atomic E-state index is 12.4. The summed E-state index contributed by atoms with van der Waals surface area (Å²) in [6.07, 6.45) is 0.828. The van der Waals surface area contributed by atoms with E-state index in [1.807, 2.05) is 54.6 Å². The Hall–Kier alpha value is -2.82. The minimum absolute atomic E-state index is 0.0475. The number of carbonyl (C=O) groups is 1. The predicted octanol–water partition coefficient (Wildman–Crippen LogP) is 4.95. The Morgan fingerprint density at radius 2 is 1.50 bits per heavy atom. The van der Waals surface area contributed by atoms with Crippen molar-refractivity contribution < 1.29 is 9.53 Å². The Morgan fingerprint density at radius 1 is 0.900 bits per heavy atom. The number of halogens is 1. The summed E-state index contributed by atoms with van der Waals surface area (Å²) in [5, 5.41) is 6.90. The van der Waals surface area contributed by atoms with Gasteiger partial charge in [0.1, 0.15) is 11.8 Å². The molecule has 0 fully saturated rings. The van der Waals surface area contributed by atoms with Crippen molar-refractivity contribution in [2.45, 2.75) is 18.4 Å². The molecule has 30 heavy (non-hydrogen) atoms. The van der Waals surface area contributed by atoms with Crippen LogP contribution >= 0.6 is 11.6 Å². The summed E-state index contributed by atoms with van der Waals surface area (Å²) in [6.45, 7) is 0.673. The van der Waals surface area contributed by atoms with Gasteiger partial charge in [-0.2, -0.15) is 0 Å². The fourth-order valence-electron chi connectivity index (χ4n) is 3.58. The third-order valence-corrected chi connectivity index (χ3v) is 5.47. The van der Waals surface area contributed by atoms with Gasteiger partial charge < -0.3 is 15.4 Å². The number of carbonyl (C=O) groups excluding carboxylic acids is 1. The first-order valence-electron chi connectivity index (χ1n) is 10.0. The number of rotatable bonds is 9. The zero-order valence-corrected chi connectivity index (χ0v) is 18.0. The highest BCUT2D eigenvalue weighted by Gasteiger charge is 2.20. The summed E-state index contributed by atoms with van der Waals surface area (Å²) < 4.78 is 5.30. The summed E-state index contributed by atoms with van der Waals surface area (Å²) in [7, 11) is 3.33. The van der Waals surface area contributed by atoms with Crippen molar-refractivity contribution in [1.29, 1.82) is 0 Å². The lowest BCUT2D eigenvalue weighted by atomic mass is 9.88. The third-order valence-electron chi connectivity index (χ3n) is 5.21. The van der Waals surface area contributed by atoms with Gasteiger partial charge in [-0.15, -0.1) is 0 Å². The smallest absolute Gasteiger partial charge is 0.241 e. The molecule has 0 saturated carbocycles. The van der Waals surface area contributed by atoms with Crippen molar-refractivity contribution in [3.63, 3.8) is 0 Å². The van der Waals surface area contributed by atoms with E-state index in [2.05, 4.69) is 34.9 Å². The van der Waals surface area contributed by atoms with Crippen LogP contribution in [-0.4, -0.2) is 26.6 Å². The quantitative estimate of drug-likeness (QED) is 0.513. The number of amides is 1. The molecule has 4 nitrogen and oxygen atoms in total. The summed E-state index contributed by atoms with van der Waals surface area (Å²) in [6, 6.07) is 25.5. The average molecular weight is 423 g/mol. The van der Waals surface area contributed by atoms with Gasteiger partial charge in [0.15, 0.2) is 0 Å². The molecule has 0 aromatic heterocycles. The number of benzene rings is 3. The zero-order valence-electron chi connectivity index (χ0n) is 17.3. The van der Waals surface area contributed by atoms with E-state index in [1.165, 1.54) is 11.1 Å². The van der Waals surface area contributed by atoms with E-state index >= 15 is 0 Å². The first kappa shape index (κ1) is 21.9. The van der Waals surface area contributed by atoms with Crippen molar-refractivity contribution >= 4 is 17.5 Å². The van der Waals surface area contributed by atoms with Crippen molar-refractivity contribution in [3.05, 3.63) is 101 Å². The van der Waals surface area contributed by atoms with E-state index in [1.54, 1.807) is 14.2 Å². The van der Waals surface area contributed by atoms with Crippen LogP contribution in [0.4, 0.5) is 0 Å². The van der Waals surface area contributed by atoms with Crippen LogP contribution in [0.15, 0.2) is 78.9 Å². The summed E-state index contributed by atoms with van der Waals surface area (Å²) in [4.78, 5) is 12.4. The van der Waals surface area contributed by atoms with Crippen LogP contribution in [0.2, 0.25) is 5.02 Å². The molecular formula is C25H27ClN2O2. The molecule has 5 heteroatoms. The molecular weight excluding hydrogens is 396 g/mol.